The average molecular weight is 460 g/mol. The summed E-state index contributed by atoms with van der Waals surface area (Å²) in [6, 6.07) is 0. The lowest BCUT2D eigenvalue weighted by molar-refractivity contribution is -0.173. The Morgan fingerprint density at radius 3 is 2.75 bits per heavy atom. The van der Waals surface area contributed by atoms with E-state index in [0.717, 1.165) is 0 Å². The first kappa shape index (κ1) is 24.1. The zero-order chi connectivity index (χ0) is 23.3. The van der Waals surface area contributed by atoms with Gasteiger partial charge in [0, 0.05) is 13.2 Å². The lowest BCUT2D eigenvalue weighted by Gasteiger charge is -2.22. The summed E-state index contributed by atoms with van der Waals surface area (Å²) in [5, 5.41) is 12.5. The molecule has 1 aliphatic rings. The molecule has 0 radical (unpaired) electrons. The van der Waals surface area contributed by atoms with Gasteiger partial charge in [0.2, 0.25) is 0 Å². The molecule has 13 heteroatoms. The standard InChI is InChI=1S/C19H27F3N6O4/c1-2-11-13(29)14(31-8-6-4-3-5-7-24-18(30)19(20,21)22)17(32-11)28-10-27-12-15(23)25-9-26-16(12)28/h9-11,13-14,17,29H,2-8H2,1H3,(H,24,30)(H2,23,25,26)/t11-,13+,14?,17-/m1/s1. The molecule has 32 heavy (non-hydrogen) atoms. The van der Waals surface area contributed by atoms with Gasteiger partial charge in [-0.05, 0) is 19.3 Å². The number of ether oxygens (including phenoxy) is 2. The molecule has 1 aliphatic heterocycles. The molecule has 0 bridgehead atoms. The lowest BCUT2D eigenvalue weighted by Crippen LogP contribution is -2.37. The number of carbonyl (C=O) groups excluding carboxylic acids is 1. The number of amides is 1. The minimum atomic E-state index is -4.86. The Morgan fingerprint density at radius 2 is 2.03 bits per heavy atom. The van der Waals surface area contributed by atoms with E-state index in [4.69, 9.17) is 15.2 Å². The van der Waals surface area contributed by atoms with Crippen LogP contribution in [0.25, 0.3) is 11.2 Å². The number of aliphatic hydroxyl groups is 1. The number of nitrogens with one attached hydrogen (secondary N) is 1. The summed E-state index contributed by atoms with van der Waals surface area (Å²) in [5.74, 6) is -1.69. The van der Waals surface area contributed by atoms with Crippen LogP contribution < -0.4 is 11.1 Å². The number of nitrogen functional groups attached to an aromatic ring is 1. The third-order valence-electron chi connectivity index (χ3n) is 5.30. The van der Waals surface area contributed by atoms with Crippen molar-refractivity contribution >= 4 is 22.9 Å². The number of fused-ring (bicyclic) bond motifs is 1. The van der Waals surface area contributed by atoms with Crippen molar-refractivity contribution in [2.75, 3.05) is 18.9 Å². The van der Waals surface area contributed by atoms with E-state index in [1.54, 1.807) is 4.57 Å². The van der Waals surface area contributed by atoms with Crippen molar-refractivity contribution in [2.45, 2.75) is 69.7 Å². The number of alkyl halides is 3. The van der Waals surface area contributed by atoms with Crippen LogP contribution in [0.4, 0.5) is 19.0 Å². The van der Waals surface area contributed by atoms with Gasteiger partial charge < -0.3 is 25.6 Å². The summed E-state index contributed by atoms with van der Waals surface area (Å²) in [5.41, 5.74) is 6.75. The predicted molar refractivity (Wildman–Crippen MR) is 107 cm³/mol. The lowest BCUT2D eigenvalue weighted by atomic mass is 10.1. The van der Waals surface area contributed by atoms with Crippen molar-refractivity contribution in [3.63, 3.8) is 0 Å². The van der Waals surface area contributed by atoms with Gasteiger partial charge in [0.1, 0.15) is 24.1 Å². The minimum absolute atomic E-state index is 0.0344. The number of rotatable bonds is 10. The number of nitrogens with zero attached hydrogens (tertiary/aromatic N) is 4. The van der Waals surface area contributed by atoms with E-state index in [0.29, 0.717) is 49.9 Å². The van der Waals surface area contributed by atoms with Crippen molar-refractivity contribution in [1.82, 2.24) is 24.8 Å². The Hall–Kier alpha value is -2.51. The van der Waals surface area contributed by atoms with E-state index in [1.807, 2.05) is 12.2 Å². The van der Waals surface area contributed by atoms with Crippen LogP contribution in [-0.2, 0) is 14.3 Å². The second-order valence-corrected chi connectivity index (χ2v) is 7.55. The SMILES string of the molecule is CC[C@H]1O[C@@H](n2cnc3c(N)ncnc32)C(OCCCCCCNC(=O)C(F)(F)F)[C@H]1O. The maximum absolute atomic E-state index is 12.1. The second kappa shape index (κ2) is 10.4. The molecule has 1 unspecified atom stereocenters. The highest BCUT2D eigenvalue weighted by atomic mass is 19.4. The first-order chi connectivity index (χ1) is 15.2. The molecule has 178 valence electrons. The normalized spacial score (nSPS) is 23.7. The van der Waals surface area contributed by atoms with Crippen molar-refractivity contribution in [3.8, 4) is 0 Å². The Kier molecular flexibility index (Phi) is 7.85. The van der Waals surface area contributed by atoms with Crippen LogP contribution in [0.15, 0.2) is 12.7 Å². The van der Waals surface area contributed by atoms with E-state index in [-0.39, 0.29) is 12.4 Å². The third-order valence-corrected chi connectivity index (χ3v) is 5.30. The van der Waals surface area contributed by atoms with Gasteiger partial charge >= 0.3 is 12.1 Å². The molecule has 2 aromatic rings. The molecular formula is C19H27F3N6O4. The van der Waals surface area contributed by atoms with Crippen molar-refractivity contribution in [3.05, 3.63) is 12.7 Å². The monoisotopic (exact) mass is 460 g/mol. The number of nitrogens with two attached hydrogens (primary N) is 1. The van der Waals surface area contributed by atoms with E-state index >= 15 is 0 Å². The van der Waals surface area contributed by atoms with Gasteiger partial charge in [0.05, 0.1) is 12.4 Å². The fourth-order valence-corrected chi connectivity index (χ4v) is 3.62. The Bertz CT molecular complexity index is 909. The van der Waals surface area contributed by atoms with Crippen LogP contribution in [0.1, 0.15) is 45.3 Å². The van der Waals surface area contributed by atoms with Gasteiger partial charge in [0.15, 0.2) is 17.7 Å². The number of halogens is 3. The van der Waals surface area contributed by atoms with Gasteiger partial charge in [-0.25, -0.2) is 15.0 Å². The number of carbonyl (C=O) groups is 1. The fraction of sp³-hybridized carbons (Fsp3) is 0.684. The van der Waals surface area contributed by atoms with Gasteiger partial charge in [-0.2, -0.15) is 13.2 Å². The topological polar surface area (TPSA) is 137 Å². The smallest absolute Gasteiger partial charge is 0.388 e. The number of hydrogen-bond donors (Lipinski definition) is 3. The van der Waals surface area contributed by atoms with E-state index < -0.39 is 36.6 Å². The van der Waals surface area contributed by atoms with Crippen LogP contribution in [0.3, 0.4) is 0 Å². The molecule has 4 N–H and O–H groups in total. The Morgan fingerprint density at radius 1 is 1.28 bits per heavy atom. The molecule has 0 aliphatic carbocycles. The highest BCUT2D eigenvalue weighted by molar-refractivity contribution is 5.81. The molecule has 2 aromatic heterocycles. The molecule has 0 saturated carbocycles. The number of aromatic nitrogens is 4. The zero-order valence-electron chi connectivity index (χ0n) is 17.6. The second-order valence-electron chi connectivity index (χ2n) is 7.55. The summed E-state index contributed by atoms with van der Waals surface area (Å²) >= 11 is 0. The highest BCUT2D eigenvalue weighted by Gasteiger charge is 2.45. The van der Waals surface area contributed by atoms with E-state index in [2.05, 4.69) is 15.0 Å². The van der Waals surface area contributed by atoms with Gasteiger partial charge in [0.25, 0.3) is 0 Å². The predicted octanol–water partition coefficient (Wildman–Crippen LogP) is 1.70. The Balaban J connectivity index is 1.49. The van der Waals surface area contributed by atoms with Crippen LogP contribution in [0.2, 0.25) is 0 Å². The van der Waals surface area contributed by atoms with Gasteiger partial charge in [-0.3, -0.25) is 9.36 Å². The molecule has 0 aromatic carbocycles. The largest absolute Gasteiger partial charge is 0.471 e. The summed E-state index contributed by atoms with van der Waals surface area (Å²) in [6.45, 7) is 2.20. The molecule has 3 heterocycles. The molecule has 3 rings (SSSR count). The zero-order valence-corrected chi connectivity index (χ0v) is 17.6. The number of anilines is 1. The van der Waals surface area contributed by atoms with Crippen molar-refractivity contribution < 1.29 is 32.5 Å². The first-order valence-corrected chi connectivity index (χ1v) is 10.5. The maximum Gasteiger partial charge on any atom is 0.471 e. The average Bonchev–Trinajstić information content (AvgIpc) is 3.31. The number of imidazole rings is 1. The third kappa shape index (κ3) is 5.45. The molecule has 1 fully saturated rings. The maximum atomic E-state index is 12.1. The molecule has 1 saturated heterocycles. The van der Waals surface area contributed by atoms with Crippen LogP contribution >= 0.6 is 0 Å². The molecule has 4 atom stereocenters. The summed E-state index contributed by atoms with van der Waals surface area (Å²) < 4.78 is 50.0. The molecule has 0 spiro atoms. The van der Waals surface area contributed by atoms with E-state index in [9.17, 15) is 23.1 Å². The molecule has 1 amide bonds. The van der Waals surface area contributed by atoms with Crippen LogP contribution in [-0.4, -0.2) is 68.2 Å². The number of hydrogen-bond acceptors (Lipinski definition) is 8. The fourth-order valence-electron chi connectivity index (χ4n) is 3.62. The summed E-state index contributed by atoms with van der Waals surface area (Å²) in [7, 11) is 0. The van der Waals surface area contributed by atoms with E-state index in [1.165, 1.54) is 12.7 Å². The number of unbranched alkanes of at least 4 members (excludes halogenated alkanes) is 3. The first-order valence-electron chi connectivity index (χ1n) is 10.5. The quantitative estimate of drug-likeness (QED) is 0.456. The summed E-state index contributed by atoms with van der Waals surface area (Å²) in [4.78, 5) is 23.1. The minimum Gasteiger partial charge on any atom is -0.388 e. The molecule has 10 nitrogen and oxygen atoms in total. The highest BCUT2D eigenvalue weighted by Crippen LogP contribution is 2.35. The van der Waals surface area contributed by atoms with Gasteiger partial charge in [-0.1, -0.05) is 19.8 Å². The van der Waals surface area contributed by atoms with Crippen LogP contribution in [0.5, 0.6) is 0 Å². The number of aliphatic hydroxyl groups excluding tert-OH is 1. The van der Waals surface area contributed by atoms with Crippen LogP contribution in [0, 0.1) is 0 Å². The summed E-state index contributed by atoms with van der Waals surface area (Å²) in [6.07, 6.45) is -1.58. The van der Waals surface area contributed by atoms with Crippen molar-refractivity contribution in [2.24, 2.45) is 0 Å². The van der Waals surface area contributed by atoms with Gasteiger partial charge in [-0.15, -0.1) is 0 Å². The Labute approximate surface area is 182 Å². The molecular weight excluding hydrogens is 433 g/mol. The van der Waals surface area contributed by atoms with Crippen molar-refractivity contribution in [1.29, 1.82) is 0 Å².